The van der Waals surface area contributed by atoms with Crippen LogP contribution in [0.1, 0.15) is 17.3 Å². The summed E-state index contributed by atoms with van der Waals surface area (Å²) in [4.78, 5) is 11.9. The molecule has 1 aliphatic heterocycles. The molecule has 0 radical (unpaired) electrons. The SMILES string of the molecule is CCOc1cccc(N)c1C(=O)OC1COC1. The minimum atomic E-state index is -0.458. The first-order chi connectivity index (χ1) is 8.22. The number of hydrogen-bond donors (Lipinski definition) is 1. The molecule has 17 heavy (non-hydrogen) atoms. The molecule has 1 saturated heterocycles. The van der Waals surface area contributed by atoms with Crippen LogP contribution < -0.4 is 10.5 Å². The summed E-state index contributed by atoms with van der Waals surface area (Å²) >= 11 is 0. The van der Waals surface area contributed by atoms with Crippen LogP contribution in [0.15, 0.2) is 18.2 Å². The van der Waals surface area contributed by atoms with Crippen LogP contribution in [0.4, 0.5) is 5.69 Å². The Morgan fingerprint density at radius 1 is 1.53 bits per heavy atom. The lowest BCUT2D eigenvalue weighted by Crippen LogP contribution is -2.38. The maximum atomic E-state index is 11.9. The van der Waals surface area contributed by atoms with Crippen LogP contribution >= 0.6 is 0 Å². The number of esters is 1. The van der Waals surface area contributed by atoms with Crippen LogP contribution in [0.5, 0.6) is 5.75 Å². The molecule has 0 amide bonds. The lowest BCUT2D eigenvalue weighted by atomic mass is 10.1. The van der Waals surface area contributed by atoms with Crippen LogP contribution in [-0.2, 0) is 9.47 Å². The Morgan fingerprint density at radius 2 is 2.29 bits per heavy atom. The summed E-state index contributed by atoms with van der Waals surface area (Å²) in [6, 6.07) is 5.09. The molecule has 0 aromatic heterocycles. The maximum absolute atomic E-state index is 11.9. The van der Waals surface area contributed by atoms with E-state index in [1.165, 1.54) is 0 Å². The third kappa shape index (κ3) is 2.50. The van der Waals surface area contributed by atoms with Crippen molar-refractivity contribution in [3.63, 3.8) is 0 Å². The number of ether oxygens (including phenoxy) is 3. The highest BCUT2D eigenvalue weighted by Gasteiger charge is 2.26. The Morgan fingerprint density at radius 3 is 2.88 bits per heavy atom. The number of benzene rings is 1. The lowest BCUT2D eigenvalue weighted by Gasteiger charge is -2.26. The molecule has 1 aromatic carbocycles. The number of hydrogen-bond acceptors (Lipinski definition) is 5. The van der Waals surface area contributed by atoms with Crippen molar-refractivity contribution in [2.75, 3.05) is 25.6 Å². The molecule has 1 aliphatic rings. The van der Waals surface area contributed by atoms with Crippen molar-refractivity contribution in [3.8, 4) is 5.75 Å². The summed E-state index contributed by atoms with van der Waals surface area (Å²) in [5.41, 5.74) is 6.43. The third-order valence-corrected chi connectivity index (χ3v) is 2.44. The van der Waals surface area contributed by atoms with E-state index in [-0.39, 0.29) is 6.10 Å². The van der Waals surface area contributed by atoms with Gasteiger partial charge in [0.2, 0.25) is 0 Å². The highest BCUT2D eigenvalue weighted by molar-refractivity contribution is 5.98. The first-order valence-electron chi connectivity index (χ1n) is 5.52. The average molecular weight is 237 g/mol. The van der Waals surface area contributed by atoms with Crippen molar-refractivity contribution in [1.29, 1.82) is 0 Å². The predicted octanol–water partition coefficient (Wildman–Crippen LogP) is 1.22. The molecule has 0 bridgehead atoms. The Hall–Kier alpha value is -1.75. The van der Waals surface area contributed by atoms with Gasteiger partial charge in [-0.2, -0.15) is 0 Å². The smallest absolute Gasteiger partial charge is 0.344 e. The minimum absolute atomic E-state index is 0.170. The van der Waals surface area contributed by atoms with Gasteiger partial charge in [-0.3, -0.25) is 0 Å². The topological polar surface area (TPSA) is 70.8 Å². The van der Waals surface area contributed by atoms with Gasteiger partial charge in [0, 0.05) is 5.69 Å². The van der Waals surface area contributed by atoms with E-state index in [1.807, 2.05) is 6.92 Å². The highest BCUT2D eigenvalue weighted by Crippen LogP contribution is 2.26. The van der Waals surface area contributed by atoms with Gasteiger partial charge in [-0.05, 0) is 19.1 Å². The van der Waals surface area contributed by atoms with E-state index < -0.39 is 5.97 Å². The molecule has 92 valence electrons. The molecular formula is C12H15NO4. The highest BCUT2D eigenvalue weighted by atomic mass is 16.6. The number of anilines is 1. The Bertz CT molecular complexity index is 415. The van der Waals surface area contributed by atoms with Gasteiger partial charge in [0.05, 0.1) is 19.8 Å². The van der Waals surface area contributed by atoms with Gasteiger partial charge in [-0.15, -0.1) is 0 Å². The second-order valence-electron chi connectivity index (χ2n) is 3.72. The average Bonchev–Trinajstić information content (AvgIpc) is 2.24. The molecule has 1 fully saturated rings. The molecule has 5 nitrogen and oxygen atoms in total. The third-order valence-electron chi connectivity index (χ3n) is 2.44. The minimum Gasteiger partial charge on any atom is -0.493 e. The summed E-state index contributed by atoms with van der Waals surface area (Å²) in [5.74, 6) is -0.00223. The van der Waals surface area contributed by atoms with Crippen molar-refractivity contribution in [3.05, 3.63) is 23.8 Å². The molecule has 0 saturated carbocycles. The fourth-order valence-corrected chi connectivity index (χ4v) is 1.53. The monoisotopic (exact) mass is 237 g/mol. The van der Waals surface area contributed by atoms with Crippen molar-refractivity contribution in [2.24, 2.45) is 0 Å². The number of rotatable bonds is 4. The second-order valence-corrected chi connectivity index (χ2v) is 3.72. The van der Waals surface area contributed by atoms with Gasteiger partial charge in [0.25, 0.3) is 0 Å². The zero-order valence-corrected chi connectivity index (χ0v) is 9.64. The van der Waals surface area contributed by atoms with Crippen LogP contribution in [0, 0.1) is 0 Å². The van der Waals surface area contributed by atoms with Crippen molar-refractivity contribution in [2.45, 2.75) is 13.0 Å². The predicted molar refractivity (Wildman–Crippen MR) is 62.0 cm³/mol. The van der Waals surface area contributed by atoms with Crippen molar-refractivity contribution >= 4 is 11.7 Å². The number of nitrogen functional groups attached to an aromatic ring is 1. The zero-order valence-electron chi connectivity index (χ0n) is 9.64. The van der Waals surface area contributed by atoms with Gasteiger partial charge in [0.1, 0.15) is 17.4 Å². The fraction of sp³-hybridized carbons (Fsp3) is 0.417. The van der Waals surface area contributed by atoms with Crippen LogP contribution in [-0.4, -0.2) is 31.9 Å². The number of nitrogens with two attached hydrogens (primary N) is 1. The summed E-state index contributed by atoms with van der Waals surface area (Å²) in [7, 11) is 0. The molecule has 0 aliphatic carbocycles. The van der Waals surface area contributed by atoms with E-state index in [1.54, 1.807) is 18.2 Å². The van der Waals surface area contributed by atoms with E-state index in [0.29, 0.717) is 36.8 Å². The maximum Gasteiger partial charge on any atom is 0.344 e. The van der Waals surface area contributed by atoms with E-state index in [9.17, 15) is 4.79 Å². The molecule has 2 rings (SSSR count). The van der Waals surface area contributed by atoms with E-state index in [0.717, 1.165) is 0 Å². The Kier molecular flexibility index (Phi) is 3.49. The first kappa shape index (κ1) is 11.7. The van der Waals surface area contributed by atoms with Crippen LogP contribution in [0.2, 0.25) is 0 Å². The molecule has 0 atom stereocenters. The summed E-state index contributed by atoms with van der Waals surface area (Å²) in [6.45, 7) is 3.21. The van der Waals surface area contributed by atoms with Crippen molar-refractivity contribution in [1.82, 2.24) is 0 Å². The molecular weight excluding hydrogens is 222 g/mol. The van der Waals surface area contributed by atoms with Crippen molar-refractivity contribution < 1.29 is 19.0 Å². The summed E-state index contributed by atoms with van der Waals surface area (Å²) < 4.78 is 15.5. The summed E-state index contributed by atoms with van der Waals surface area (Å²) in [6.07, 6.45) is -0.170. The quantitative estimate of drug-likeness (QED) is 0.629. The van der Waals surface area contributed by atoms with E-state index in [4.69, 9.17) is 19.9 Å². The molecule has 1 heterocycles. The lowest BCUT2D eigenvalue weighted by molar-refractivity contribution is -0.103. The number of carbonyl (C=O) groups is 1. The van der Waals surface area contributed by atoms with Gasteiger partial charge < -0.3 is 19.9 Å². The van der Waals surface area contributed by atoms with Gasteiger partial charge in [-0.25, -0.2) is 4.79 Å². The molecule has 5 heteroatoms. The van der Waals surface area contributed by atoms with E-state index >= 15 is 0 Å². The largest absolute Gasteiger partial charge is 0.493 e. The Balaban J connectivity index is 2.19. The number of carbonyl (C=O) groups excluding carboxylic acids is 1. The zero-order chi connectivity index (χ0) is 12.3. The standard InChI is InChI=1S/C12H15NO4/c1-2-16-10-5-3-4-9(13)11(10)12(14)17-8-6-15-7-8/h3-5,8H,2,6-7,13H2,1H3. The molecule has 2 N–H and O–H groups in total. The normalized spacial score (nSPS) is 15.1. The molecule has 1 aromatic rings. The molecule has 0 unspecified atom stereocenters. The second kappa shape index (κ2) is 5.05. The van der Waals surface area contributed by atoms with Gasteiger partial charge in [-0.1, -0.05) is 6.07 Å². The molecule has 0 spiro atoms. The Labute approximate surface area is 99.5 Å². The van der Waals surface area contributed by atoms with Crippen LogP contribution in [0.25, 0.3) is 0 Å². The van der Waals surface area contributed by atoms with Gasteiger partial charge in [0.15, 0.2) is 0 Å². The summed E-state index contributed by atoms with van der Waals surface area (Å²) in [5, 5.41) is 0. The van der Waals surface area contributed by atoms with Crippen LogP contribution in [0.3, 0.4) is 0 Å². The van der Waals surface area contributed by atoms with Gasteiger partial charge >= 0.3 is 5.97 Å². The fourth-order valence-electron chi connectivity index (χ4n) is 1.53. The van der Waals surface area contributed by atoms with E-state index in [2.05, 4.69) is 0 Å². The first-order valence-corrected chi connectivity index (χ1v) is 5.52.